The van der Waals surface area contributed by atoms with Crippen molar-refractivity contribution in [2.45, 2.75) is 6.54 Å². The summed E-state index contributed by atoms with van der Waals surface area (Å²) in [7, 11) is 0. The molecule has 5 heteroatoms. The van der Waals surface area contributed by atoms with Crippen molar-refractivity contribution in [2.75, 3.05) is 24.7 Å². The van der Waals surface area contributed by atoms with Gasteiger partial charge < -0.3 is 10.2 Å². The number of hydrogen-bond donors (Lipinski definition) is 1. The highest BCUT2D eigenvalue weighted by Crippen LogP contribution is 2.28. The molecule has 0 fully saturated rings. The Labute approximate surface area is 147 Å². The van der Waals surface area contributed by atoms with Gasteiger partial charge in [-0.05, 0) is 35.9 Å². The first kappa shape index (κ1) is 15.4. The first-order valence-electron chi connectivity index (χ1n) is 8.36. The molecule has 0 amide bonds. The summed E-state index contributed by atoms with van der Waals surface area (Å²) >= 11 is 0. The van der Waals surface area contributed by atoms with Crippen molar-refractivity contribution in [3.05, 3.63) is 83.5 Å². The van der Waals surface area contributed by atoms with Gasteiger partial charge in [0.15, 0.2) is 0 Å². The molecule has 0 bridgehead atoms. The monoisotopic (exact) mass is 329 g/mol. The fraction of sp³-hybridized carbons (Fsp3) is 0.200. The van der Waals surface area contributed by atoms with Gasteiger partial charge in [-0.3, -0.25) is 9.88 Å². The van der Waals surface area contributed by atoms with Gasteiger partial charge in [-0.25, -0.2) is 0 Å². The molecule has 3 heterocycles. The van der Waals surface area contributed by atoms with E-state index < -0.39 is 0 Å². The fourth-order valence-electron chi connectivity index (χ4n) is 3.31. The highest BCUT2D eigenvalue weighted by Gasteiger charge is 2.26. The number of dihydropyridines is 1. The molecule has 2 aliphatic rings. The van der Waals surface area contributed by atoms with Crippen molar-refractivity contribution in [3.63, 3.8) is 0 Å². The molecule has 0 radical (unpaired) electrons. The van der Waals surface area contributed by atoms with E-state index in [0.29, 0.717) is 5.56 Å². The predicted octanol–water partition coefficient (Wildman–Crippen LogP) is 2.60. The Balaban J connectivity index is 1.66. The minimum absolute atomic E-state index is 0.678. The van der Waals surface area contributed by atoms with E-state index in [1.165, 1.54) is 11.1 Å². The zero-order chi connectivity index (χ0) is 17.1. The minimum Gasteiger partial charge on any atom is -0.368 e. The normalized spacial score (nSPS) is 17.0. The summed E-state index contributed by atoms with van der Waals surface area (Å²) in [6.07, 6.45) is 8.02. The van der Waals surface area contributed by atoms with Crippen LogP contribution in [0.5, 0.6) is 0 Å². The Morgan fingerprint density at radius 1 is 1.20 bits per heavy atom. The van der Waals surface area contributed by atoms with Crippen LogP contribution in [0.4, 0.5) is 5.69 Å². The average molecular weight is 329 g/mol. The topological polar surface area (TPSA) is 55.2 Å². The van der Waals surface area contributed by atoms with Crippen molar-refractivity contribution in [1.82, 2.24) is 15.2 Å². The van der Waals surface area contributed by atoms with Gasteiger partial charge in [0, 0.05) is 43.3 Å². The molecule has 1 aromatic carbocycles. The second-order valence-electron chi connectivity index (χ2n) is 6.23. The van der Waals surface area contributed by atoms with Crippen LogP contribution in [0.2, 0.25) is 0 Å². The molecule has 0 aliphatic carbocycles. The average Bonchev–Trinajstić information content (AvgIpc) is 2.68. The molecule has 1 N–H and O–H groups in total. The maximum atomic E-state index is 9.22. The molecular formula is C20H19N5. The Morgan fingerprint density at radius 2 is 2.08 bits per heavy atom. The van der Waals surface area contributed by atoms with Crippen LogP contribution in [0.1, 0.15) is 11.1 Å². The highest BCUT2D eigenvalue weighted by molar-refractivity contribution is 5.58. The van der Waals surface area contributed by atoms with Gasteiger partial charge >= 0.3 is 0 Å². The standard InChI is InChI=1S/C20H19N5/c21-12-17-3-1-5-19(11-17)25-15-24(13-16-6-9-22-10-7-16)14-18-4-2-8-23-20(18)25/h1-7,9-11,23H,8,13-15H2. The van der Waals surface area contributed by atoms with Crippen molar-refractivity contribution < 1.29 is 0 Å². The summed E-state index contributed by atoms with van der Waals surface area (Å²) in [5.74, 6) is 1.14. The lowest BCUT2D eigenvalue weighted by atomic mass is 10.1. The molecule has 4 rings (SSSR count). The van der Waals surface area contributed by atoms with Gasteiger partial charge in [0.25, 0.3) is 0 Å². The quantitative estimate of drug-likeness (QED) is 0.938. The minimum atomic E-state index is 0.678. The molecule has 0 unspecified atom stereocenters. The van der Waals surface area contributed by atoms with Crippen molar-refractivity contribution in [3.8, 4) is 6.07 Å². The molecule has 25 heavy (non-hydrogen) atoms. The third-order valence-electron chi connectivity index (χ3n) is 4.46. The maximum absolute atomic E-state index is 9.22. The number of nitriles is 1. The summed E-state index contributed by atoms with van der Waals surface area (Å²) in [6.45, 7) is 3.37. The lowest BCUT2D eigenvalue weighted by Gasteiger charge is -2.41. The summed E-state index contributed by atoms with van der Waals surface area (Å²) in [5.41, 5.74) is 4.23. The molecule has 5 nitrogen and oxygen atoms in total. The van der Waals surface area contributed by atoms with Crippen LogP contribution in [0, 0.1) is 11.3 Å². The maximum Gasteiger partial charge on any atom is 0.112 e. The van der Waals surface area contributed by atoms with E-state index in [2.05, 4.69) is 56.5 Å². The van der Waals surface area contributed by atoms with E-state index in [1.54, 1.807) is 0 Å². The first-order chi connectivity index (χ1) is 12.3. The van der Waals surface area contributed by atoms with E-state index in [9.17, 15) is 5.26 Å². The molecular weight excluding hydrogens is 310 g/mol. The van der Waals surface area contributed by atoms with Crippen molar-refractivity contribution in [1.29, 1.82) is 5.26 Å². The second-order valence-corrected chi connectivity index (χ2v) is 6.23. The van der Waals surface area contributed by atoms with E-state index in [4.69, 9.17) is 0 Å². The predicted molar refractivity (Wildman–Crippen MR) is 97.3 cm³/mol. The molecule has 0 atom stereocenters. The largest absolute Gasteiger partial charge is 0.368 e. The Bertz CT molecular complexity index is 863. The Kier molecular flexibility index (Phi) is 4.19. The zero-order valence-corrected chi connectivity index (χ0v) is 13.9. The number of nitrogens with zero attached hydrogens (tertiary/aromatic N) is 4. The third-order valence-corrected chi connectivity index (χ3v) is 4.46. The summed E-state index contributed by atoms with van der Waals surface area (Å²) in [4.78, 5) is 8.74. The first-order valence-corrected chi connectivity index (χ1v) is 8.36. The Morgan fingerprint density at radius 3 is 2.92 bits per heavy atom. The number of nitrogens with one attached hydrogen (secondary N) is 1. The molecule has 0 saturated heterocycles. The van der Waals surface area contributed by atoms with Crippen LogP contribution in [0.25, 0.3) is 0 Å². The van der Waals surface area contributed by atoms with Crippen LogP contribution in [-0.2, 0) is 6.54 Å². The van der Waals surface area contributed by atoms with Crippen molar-refractivity contribution in [2.24, 2.45) is 0 Å². The summed E-state index contributed by atoms with van der Waals surface area (Å²) in [6, 6.07) is 14.1. The smallest absolute Gasteiger partial charge is 0.112 e. The van der Waals surface area contributed by atoms with Crippen LogP contribution >= 0.6 is 0 Å². The van der Waals surface area contributed by atoms with Gasteiger partial charge in [-0.2, -0.15) is 5.26 Å². The molecule has 0 spiro atoms. The van der Waals surface area contributed by atoms with E-state index in [0.717, 1.165) is 37.8 Å². The molecule has 2 aliphatic heterocycles. The molecule has 124 valence electrons. The van der Waals surface area contributed by atoms with Crippen LogP contribution in [-0.4, -0.2) is 29.6 Å². The van der Waals surface area contributed by atoms with Gasteiger partial charge in [0.1, 0.15) is 5.82 Å². The Hall–Kier alpha value is -3.10. The van der Waals surface area contributed by atoms with Gasteiger partial charge in [0.05, 0.1) is 18.3 Å². The third kappa shape index (κ3) is 3.25. The number of rotatable bonds is 3. The molecule has 2 aromatic rings. The highest BCUT2D eigenvalue weighted by atomic mass is 15.4. The number of benzene rings is 1. The van der Waals surface area contributed by atoms with Crippen LogP contribution in [0.3, 0.4) is 0 Å². The van der Waals surface area contributed by atoms with Gasteiger partial charge in [0.2, 0.25) is 0 Å². The SMILES string of the molecule is N#Cc1cccc(N2CN(Cc3ccncc3)CC3=C2NCC=C3)c1. The molecule has 0 saturated carbocycles. The van der Waals surface area contributed by atoms with E-state index in [1.807, 2.05) is 30.6 Å². The molecule has 1 aromatic heterocycles. The van der Waals surface area contributed by atoms with Crippen LogP contribution in [0.15, 0.2) is 72.3 Å². The number of hydrogen-bond acceptors (Lipinski definition) is 5. The van der Waals surface area contributed by atoms with Gasteiger partial charge in [-0.1, -0.05) is 18.2 Å². The number of anilines is 1. The summed E-state index contributed by atoms with van der Waals surface area (Å²) < 4.78 is 0. The van der Waals surface area contributed by atoms with Crippen LogP contribution < -0.4 is 10.2 Å². The fourth-order valence-corrected chi connectivity index (χ4v) is 3.31. The lowest BCUT2D eigenvalue weighted by molar-refractivity contribution is 0.276. The van der Waals surface area contributed by atoms with Crippen molar-refractivity contribution >= 4 is 5.69 Å². The van der Waals surface area contributed by atoms with Gasteiger partial charge in [-0.15, -0.1) is 0 Å². The van der Waals surface area contributed by atoms with E-state index >= 15 is 0 Å². The second kappa shape index (κ2) is 6.80. The summed E-state index contributed by atoms with van der Waals surface area (Å²) in [5, 5.41) is 12.7. The number of aromatic nitrogens is 1. The van der Waals surface area contributed by atoms with E-state index in [-0.39, 0.29) is 0 Å². The lowest BCUT2D eigenvalue weighted by Crippen LogP contribution is -2.48. The zero-order valence-electron chi connectivity index (χ0n) is 13.9. The number of pyridine rings is 1.